The van der Waals surface area contributed by atoms with Crippen molar-refractivity contribution in [1.82, 2.24) is 9.29 Å². The predicted octanol–water partition coefficient (Wildman–Crippen LogP) is 1.60. The van der Waals surface area contributed by atoms with Crippen molar-refractivity contribution in [2.45, 2.75) is 11.3 Å². The first-order valence-electron chi connectivity index (χ1n) is 10.6. The monoisotopic (exact) mass is 472 g/mol. The maximum atomic E-state index is 13.0. The van der Waals surface area contributed by atoms with Crippen LogP contribution in [-0.2, 0) is 14.8 Å². The SMILES string of the molecule is N#Cc1cccnc1N1CCCN(c2ccc(S(=O)(=O)N3CCOCC3)cc2[N+](=O)[O-])CC1. The van der Waals surface area contributed by atoms with Crippen LogP contribution in [0.3, 0.4) is 0 Å². The van der Waals surface area contributed by atoms with Crippen LogP contribution in [0.5, 0.6) is 0 Å². The average Bonchev–Trinajstić information content (AvgIpc) is 3.10. The lowest BCUT2D eigenvalue weighted by atomic mass is 10.2. The normalized spacial score (nSPS) is 17.9. The Morgan fingerprint density at radius 2 is 1.79 bits per heavy atom. The molecule has 0 amide bonds. The van der Waals surface area contributed by atoms with Gasteiger partial charge in [0.05, 0.1) is 28.6 Å². The van der Waals surface area contributed by atoms with Crippen LogP contribution >= 0.6 is 0 Å². The summed E-state index contributed by atoms with van der Waals surface area (Å²) in [5.74, 6) is 0.600. The number of benzene rings is 1. The van der Waals surface area contributed by atoms with E-state index in [-0.39, 0.29) is 23.7 Å². The van der Waals surface area contributed by atoms with Gasteiger partial charge in [-0.25, -0.2) is 13.4 Å². The van der Waals surface area contributed by atoms with Gasteiger partial charge in [-0.15, -0.1) is 0 Å². The van der Waals surface area contributed by atoms with E-state index in [4.69, 9.17) is 4.74 Å². The van der Waals surface area contributed by atoms with E-state index in [0.717, 1.165) is 6.07 Å². The van der Waals surface area contributed by atoms with E-state index in [1.807, 2.05) is 9.80 Å². The zero-order valence-electron chi connectivity index (χ0n) is 18.0. The Morgan fingerprint density at radius 1 is 1.06 bits per heavy atom. The zero-order valence-corrected chi connectivity index (χ0v) is 18.8. The molecule has 0 bridgehead atoms. The summed E-state index contributed by atoms with van der Waals surface area (Å²) in [4.78, 5) is 19.5. The minimum Gasteiger partial charge on any atom is -0.379 e. The second-order valence-electron chi connectivity index (χ2n) is 7.74. The van der Waals surface area contributed by atoms with Gasteiger partial charge in [0.25, 0.3) is 5.69 Å². The Balaban J connectivity index is 1.59. The van der Waals surface area contributed by atoms with Gasteiger partial charge in [0, 0.05) is 51.5 Å². The smallest absolute Gasteiger partial charge is 0.293 e. The van der Waals surface area contributed by atoms with Crippen LogP contribution in [0.4, 0.5) is 17.2 Å². The Hall–Kier alpha value is -3.27. The second-order valence-corrected chi connectivity index (χ2v) is 9.68. The number of pyridine rings is 1. The van der Waals surface area contributed by atoms with Crippen LogP contribution < -0.4 is 9.80 Å². The summed E-state index contributed by atoms with van der Waals surface area (Å²) in [6.45, 7) is 3.24. The van der Waals surface area contributed by atoms with Gasteiger partial charge in [-0.2, -0.15) is 9.57 Å². The Labute approximate surface area is 192 Å². The van der Waals surface area contributed by atoms with Crippen LogP contribution in [0.2, 0.25) is 0 Å². The van der Waals surface area contributed by atoms with E-state index in [1.165, 1.54) is 16.4 Å². The summed E-state index contributed by atoms with van der Waals surface area (Å²) < 4.78 is 32.4. The third-order valence-electron chi connectivity index (χ3n) is 5.79. The minimum absolute atomic E-state index is 0.0940. The first kappa shape index (κ1) is 22.9. The average molecular weight is 473 g/mol. The predicted molar refractivity (Wildman–Crippen MR) is 121 cm³/mol. The van der Waals surface area contributed by atoms with Crippen LogP contribution in [-0.4, -0.2) is 75.1 Å². The number of aromatic nitrogens is 1. The molecule has 0 saturated carbocycles. The molecule has 12 heteroatoms. The first-order valence-corrected chi connectivity index (χ1v) is 12.1. The molecular weight excluding hydrogens is 448 g/mol. The van der Waals surface area contributed by atoms with Gasteiger partial charge in [-0.1, -0.05) is 0 Å². The Kier molecular flexibility index (Phi) is 6.73. The molecule has 0 aliphatic carbocycles. The Morgan fingerprint density at radius 3 is 2.52 bits per heavy atom. The fourth-order valence-electron chi connectivity index (χ4n) is 4.12. The highest BCUT2D eigenvalue weighted by molar-refractivity contribution is 7.89. The zero-order chi connectivity index (χ0) is 23.4. The summed E-state index contributed by atoms with van der Waals surface area (Å²) in [5, 5.41) is 21.2. The number of nitrogens with zero attached hydrogens (tertiary/aromatic N) is 6. The van der Waals surface area contributed by atoms with Crippen molar-refractivity contribution in [3.05, 3.63) is 52.2 Å². The molecule has 0 N–H and O–H groups in total. The van der Waals surface area contributed by atoms with Gasteiger partial charge >= 0.3 is 0 Å². The van der Waals surface area contributed by atoms with Crippen molar-refractivity contribution in [3.63, 3.8) is 0 Å². The van der Waals surface area contributed by atoms with Crippen LogP contribution in [0.15, 0.2) is 41.4 Å². The number of hydrogen-bond acceptors (Lipinski definition) is 9. The van der Waals surface area contributed by atoms with Crippen LogP contribution in [0.1, 0.15) is 12.0 Å². The van der Waals surface area contributed by atoms with Crippen molar-refractivity contribution in [3.8, 4) is 6.07 Å². The summed E-state index contributed by atoms with van der Waals surface area (Å²) in [6, 6.07) is 9.67. The lowest BCUT2D eigenvalue weighted by Gasteiger charge is -2.27. The highest BCUT2D eigenvalue weighted by atomic mass is 32.2. The molecule has 2 saturated heterocycles. The second kappa shape index (κ2) is 9.70. The quantitative estimate of drug-likeness (QED) is 0.470. The third-order valence-corrected chi connectivity index (χ3v) is 7.69. The number of nitro groups is 1. The van der Waals surface area contributed by atoms with E-state index in [1.54, 1.807) is 18.3 Å². The third kappa shape index (κ3) is 4.75. The van der Waals surface area contributed by atoms with Crippen molar-refractivity contribution in [1.29, 1.82) is 5.26 Å². The number of morpholine rings is 1. The van der Waals surface area contributed by atoms with Gasteiger partial charge in [-0.05, 0) is 30.7 Å². The molecule has 0 atom stereocenters. The molecular formula is C21H24N6O5S. The van der Waals surface area contributed by atoms with E-state index in [2.05, 4.69) is 11.1 Å². The maximum absolute atomic E-state index is 13.0. The fraction of sp³-hybridized carbons (Fsp3) is 0.429. The van der Waals surface area contributed by atoms with E-state index < -0.39 is 14.9 Å². The van der Waals surface area contributed by atoms with Gasteiger partial charge in [0.2, 0.25) is 10.0 Å². The molecule has 0 spiro atoms. The molecule has 2 fully saturated rings. The lowest BCUT2D eigenvalue weighted by Crippen LogP contribution is -2.40. The van der Waals surface area contributed by atoms with Crippen molar-refractivity contribution < 1.29 is 18.1 Å². The van der Waals surface area contributed by atoms with Crippen molar-refractivity contribution in [2.24, 2.45) is 0 Å². The highest BCUT2D eigenvalue weighted by Crippen LogP contribution is 2.33. The summed E-state index contributed by atoms with van der Waals surface area (Å²) in [5.41, 5.74) is 0.618. The number of nitriles is 1. The molecule has 4 rings (SSSR count). The number of nitro benzene ring substituents is 1. The maximum Gasteiger partial charge on any atom is 0.293 e. The first-order chi connectivity index (χ1) is 15.9. The molecule has 2 aliphatic heterocycles. The standard InChI is InChI=1S/C21H24N6O5S/c22-16-17-3-1-6-23-21(17)25-8-2-7-24(9-10-25)19-5-4-18(15-20(19)27(28)29)33(30,31)26-11-13-32-14-12-26/h1,3-6,15H,2,7-14H2. The molecule has 174 valence electrons. The number of sulfonamides is 1. The minimum atomic E-state index is -3.84. The van der Waals surface area contributed by atoms with Crippen molar-refractivity contribution in [2.75, 3.05) is 62.3 Å². The molecule has 1 aromatic carbocycles. The molecule has 2 aromatic rings. The fourth-order valence-corrected chi connectivity index (χ4v) is 5.55. The van der Waals surface area contributed by atoms with E-state index in [0.29, 0.717) is 62.9 Å². The van der Waals surface area contributed by atoms with Crippen LogP contribution in [0.25, 0.3) is 0 Å². The molecule has 1 aromatic heterocycles. The van der Waals surface area contributed by atoms with Gasteiger partial charge in [0.1, 0.15) is 17.6 Å². The molecule has 0 radical (unpaired) electrons. The molecule has 0 unspecified atom stereocenters. The van der Waals surface area contributed by atoms with Gasteiger partial charge in [-0.3, -0.25) is 10.1 Å². The highest BCUT2D eigenvalue weighted by Gasteiger charge is 2.30. The number of hydrogen-bond donors (Lipinski definition) is 0. The van der Waals surface area contributed by atoms with Gasteiger partial charge < -0.3 is 14.5 Å². The van der Waals surface area contributed by atoms with Crippen LogP contribution in [0, 0.1) is 21.4 Å². The summed E-state index contributed by atoms with van der Waals surface area (Å²) >= 11 is 0. The lowest BCUT2D eigenvalue weighted by molar-refractivity contribution is -0.384. The summed E-state index contributed by atoms with van der Waals surface area (Å²) in [6.07, 6.45) is 2.34. The molecule has 33 heavy (non-hydrogen) atoms. The molecule has 2 aliphatic rings. The topological polar surface area (TPSA) is 133 Å². The number of rotatable bonds is 5. The molecule has 11 nitrogen and oxygen atoms in total. The number of ether oxygens (including phenoxy) is 1. The largest absolute Gasteiger partial charge is 0.379 e. The van der Waals surface area contributed by atoms with E-state index in [9.17, 15) is 23.8 Å². The Bertz CT molecular complexity index is 1180. The van der Waals surface area contributed by atoms with Gasteiger partial charge in [0.15, 0.2) is 0 Å². The molecule has 3 heterocycles. The summed E-state index contributed by atoms with van der Waals surface area (Å²) in [7, 11) is -3.84. The van der Waals surface area contributed by atoms with E-state index >= 15 is 0 Å². The van der Waals surface area contributed by atoms with Crippen molar-refractivity contribution >= 4 is 27.2 Å². The number of anilines is 2.